The Bertz CT molecular complexity index is 571. The molecule has 0 aliphatic rings. The highest BCUT2D eigenvalue weighted by Crippen LogP contribution is 2.29. The van der Waals surface area contributed by atoms with E-state index >= 15 is 0 Å². The molecule has 2 rings (SSSR count). The Morgan fingerprint density at radius 1 is 1.15 bits per heavy atom. The van der Waals surface area contributed by atoms with E-state index in [-0.39, 0.29) is 6.04 Å². The van der Waals surface area contributed by atoms with Crippen LogP contribution in [0.15, 0.2) is 30.3 Å². The van der Waals surface area contributed by atoms with E-state index in [2.05, 4.69) is 18.3 Å². The maximum absolute atomic E-state index is 5.95. The van der Waals surface area contributed by atoms with Crippen molar-refractivity contribution >= 4 is 22.9 Å². The van der Waals surface area contributed by atoms with E-state index < -0.39 is 0 Å². The smallest absolute Gasteiger partial charge is 0.161 e. The molecule has 0 aliphatic carbocycles. The van der Waals surface area contributed by atoms with E-state index in [1.807, 2.05) is 24.3 Å². The largest absolute Gasteiger partial charge is 0.493 e. The SMILES string of the molecule is COc1ccc(CNC(C)c2ccc(Cl)s2)cc1OC. The van der Waals surface area contributed by atoms with Crippen molar-refractivity contribution in [2.24, 2.45) is 0 Å². The van der Waals surface area contributed by atoms with Gasteiger partial charge in [0.1, 0.15) is 0 Å². The molecule has 1 aromatic heterocycles. The Kier molecular flexibility index (Phi) is 5.29. The number of hydrogen-bond acceptors (Lipinski definition) is 4. The summed E-state index contributed by atoms with van der Waals surface area (Å²) in [5.41, 5.74) is 1.15. The Morgan fingerprint density at radius 3 is 2.50 bits per heavy atom. The lowest BCUT2D eigenvalue weighted by Gasteiger charge is -2.14. The van der Waals surface area contributed by atoms with Crippen molar-refractivity contribution in [3.63, 3.8) is 0 Å². The predicted molar refractivity (Wildman–Crippen MR) is 84.1 cm³/mol. The van der Waals surface area contributed by atoms with Gasteiger partial charge < -0.3 is 14.8 Å². The van der Waals surface area contributed by atoms with Crippen LogP contribution < -0.4 is 14.8 Å². The summed E-state index contributed by atoms with van der Waals surface area (Å²) in [6.45, 7) is 2.89. The summed E-state index contributed by atoms with van der Waals surface area (Å²) in [6.07, 6.45) is 0. The number of rotatable bonds is 6. The molecular weight excluding hydrogens is 294 g/mol. The molecule has 1 N–H and O–H groups in total. The van der Waals surface area contributed by atoms with Crippen molar-refractivity contribution in [3.8, 4) is 11.5 Å². The Morgan fingerprint density at radius 2 is 1.90 bits per heavy atom. The van der Waals surface area contributed by atoms with Gasteiger partial charge in [-0.25, -0.2) is 0 Å². The average molecular weight is 312 g/mol. The first-order chi connectivity index (χ1) is 9.63. The van der Waals surface area contributed by atoms with Gasteiger partial charge in [0.2, 0.25) is 0 Å². The van der Waals surface area contributed by atoms with Crippen LogP contribution in [0.2, 0.25) is 4.34 Å². The topological polar surface area (TPSA) is 30.5 Å². The lowest BCUT2D eigenvalue weighted by atomic mass is 10.2. The van der Waals surface area contributed by atoms with Gasteiger partial charge in [0.05, 0.1) is 18.6 Å². The van der Waals surface area contributed by atoms with Crippen LogP contribution in [0.1, 0.15) is 23.4 Å². The molecule has 1 unspecified atom stereocenters. The van der Waals surface area contributed by atoms with E-state index in [1.54, 1.807) is 25.6 Å². The second kappa shape index (κ2) is 6.97. The lowest BCUT2D eigenvalue weighted by Crippen LogP contribution is -2.17. The number of nitrogens with one attached hydrogen (secondary N) is 1. The van der Waals surface area contributed by atoms with E-state index in [9.17, 15) is 0 Å². The first-order valence-electron chi connectivity index (χ1n) is 6.33. The highest BCUT2D eigenvalue weighted by molar-refractivity contribution is 7.16. The van der Waals surface area contributed by atoms with Crippen LogP contribution in [0, 0.1) is 0 Å². The zero-order valence-electron chi connectivity index (χ0n) is 11.8. The minimum atomic E-state index is 0.264. The molecule has 0 radical (unpaired) electrons. The maximum atomic E-state index is 5.95. The number of hydrogen-bond donors (Lipinski definition) is 1. The molecule has 20 heavy (non-hydrogen) atoms. The number of benzene rings is 1. The molecule has 0 aliphatic heterocycles. The van der Waals surface area contributed by atoms with Crippen LogP contribution in [0.4, 0.5) is 0 Å². The standard InChI is InChI=1S/C15H18ClNO2S/c1-10(14-6-7-15(16)20-14)17-9-11-4-5-12(18-2)13(8-11)19-3/h4-8,10,17H,9H2,1-3H3. The van der Waals surface area contributed by atoms with E-state index in [0.717, 1.165) is 27.9 Å². The fourth-order valence-corrected chi connectivity index (χ4v) is 3.01. The van der Waals surface area contributed by atoms with Crippen molar-refractivity contribution < 1.29 is 9.47 Å². The molecule has 0 bridgehead atoms. The van der Waals surface area contributed by atoms with E-state index in [4.69, 9.17) is 21.1 Å². The molecule has 0 amide bonds. The van der Waals surface area contributed by atoms with Gasteiger partial charge in [-0.3, -0.25) is 0 Å². The van der Waals surface area contributed by atoms with E-state index in [0.29, 0.717) is 0 Å². The highest BCUT2D eigenvalue weighted by atomic mass is 35.5. The Balaban J connectivity index is 2.00. The van der Waals surface area contributed by atoms with Crippen LogP contribution in [0.25, 0.3) is 0 Å². The maximum Gasteiger partial charge on any atom is 0.161 e. The zero-order chi connectivity index (χ0) is 14.5. The fourth-order valence-electron chi connectivity index (χ4n) is 1.92. The van der Waals surface area contributed by atoms with Gasteiger partial charge in [-0.15, -0.1) is 11.3 Å². The van der Waals surface area contributed by atoms with Crippen LogP contribution in [0.5, 0.6) is 11.5 Å². The summed E-state index contributed by atoms with van der Waals surface area (Å²) < 4.78 is 11.4. The van der Waals surface area contributed by atoms with Gasteiger partial charge in [0, 0.05) is 17.5 Å². The van der Waals surface area contributed by atoms with Crippen LogP contribution in [0.3, 0.4) is 0 Å². The molecule has 0 spiro atoms. The fraction of sp³-hybridized carbons (Fsp3) is 0.333. The molecule has 1 aromatic carbocycles. The van der Waals surface area contributed by atoms with Crippen LogP contribution in [-0.2, 0) is 6.54 Å². The first kappa shape index (κ1) is 15.2. The van der Waals surface area contributed by atoms with Crippen LogP contribution in [-0.4, -0.2) is 14.2 Å². The molecule has 3 nitrogen and oxygen atoms in total. The van der Waals surface area contributed by atoms with Gasteiger partial charge in [-0.1, -0.05) is 17.7 Å². The van der Waals surface area contributed by atoms with Gasteiger partial charge >= 0.3 is 0 Å². The summed E-state index contributed by atoms with van der Waals surface area (Å²) >= 11 is 7.56. The number of thiophene rings is 1. The summed E-state index contributed by atoms with van der Waals surface area (Å²) in [7, 11) is 3.28. The Hall–Kier alpha value is -1.23. The monoisotopic (exact) mass is 311 g/mol. The average Bonchev–Trinajstić information content (AvgIpc) is 2.91. The molecule has 2 aromatic rings. The summed E-state index contributed by atoms with van der Waals surface area (Å²) in [5.74, 6) is 1.49. The van der Waals surface area contributed by atoms with Gasteiger partial charge in [0.25, 0.3) is 0 Å². The predicted octanol–water partition coefficient (Wildman–Crippen LogP) is 4.27. The highest BCUT2D eigenvalue weighted by Gasteiger charge is 2.09. The third-order valence-electron chi connectivity index (χ3n) is 3.08. The minimum absolute atomic E-state index is 0.264. The summed E-state index contributed by atoms with van der Waals surface area (Å²) in [4.78, 5) is 1.23. The molecule has 5 heteroatoms. The zero-order valence-corrected chi connectivity index (χ0v) is 13.3. The van der Waals surface area contributed by atoms with Crippen molar-refractivity contribution in [1.29, 1.82) is 0 Å². The molecular formula is C15H18ClNO2S. The number of halogens is 1. The quantitative estimate of drug-likeness (QED) is 0.864. The van der Waals surface area contributed by atoms with E-state index in [1.165, 1.54) is 4.88 Å². The molecule has 0 fully saturated rings. The Labute approximate surface area is 128 Å². The van der Waals surface area contributed by atoms with Crippen molar-refractivity contribution in [3.05, 3.63) is 45.1 Å². The van der Waals surface area contributed by atoms with Gasteiger partial charge in [0.15, 0.2) is 11.5 Å². The van der Waals surface area contributed by atoms with Crippen molar-refractivity contribution in [1.82, 2.24) is 5.32 Å². The van der Waals surface area contributed by atoms with Gasteiger partial charge in [-0.2, -0.15) is 0 Å². The third-order valence-corrected chi connectivity index (χ3v) is 4.49. The normalized spacial score (nSPS) is 12.2. The minimum Gasteiger partial charge on any atom is -0.493 e. The first-order valence-corrected chi connectivity index (χ1v) is 7.53. The van der Waals surface area contributed by atoms with Crippen molar-refractivity contribution in [2.75, 3.05) is 14.2 Å². The third kappa shape index (κ3) is 3.66. The summed E-state index contributed by atoms with van der Waals surface area (Å²) in [6, 6.07) is 10.2. The van der Waals surface area contributed by atoms with Crippen LogP contribution >= 0.6 is 22.9 Å². The number of ether oxygens (including phenoxy) is 2. The second-order valence-corrected chi connectivity index (χ2v) is 6.18. The summed E-state index contributed by atoms with van der Waals surface area (Å²) in [5, 5.41) is 3.47. The lowest BCUT2D eigenvalue weighted by molar-refractivity contribution is 0.354. The number of methoxy groups -OCH3 is 2. The molecule has 1 heterocycles. The van der Waals surface area contributed by atoms with Crippen molar-refractivity contribution in [2.45, 2.75) is 19.5 Å². The molecule has 0 saturated carbocycles. The molecule has 1 atom stereocenters. The molecule has 108 valence electrons. The second-order valence-electron chi connectivity index (χ2n) is 4.43. The van der Waals surface area contributed by atoms with Gasteiger partial charge in [-0.05, 0) is 36.8 Å². The molecule has 0 saturated heterocycles.